The van der Waals surface area contributed by atoms with Crippen LogP contribution in [0.3, 0.4) is 0 Å². The number of piperidine rings is 1. The van der Waals surface area contributed by atoms with Crippen molar-refractivity contribution in [1.82, 2.24) is 4.90 Å². The van der Waals surface area contributed by atoms with Gasteiger partial charge in [0.25, 0.3) is 0 Å². The zero-order chi connectivity index (χ0) is 19.5. The quantitative estimate of drug-likeness (QED) is 0.658. The molecule has 0 aliphatic carbocycles. The Kier molecular flexibility index (Phi) is 7.04. The van der Waals surface area contributed by atoms with Crippen LogP contribution in [-0.2, 0) is 10.8 Å². The van der Waals surface area contributed by atoms with E-state index < -0.39 is 26.6 Å². The van der Waals surface area contributed by atoms with Gasteiger partial charge in [-0.3, -0.25) is 4.90 Å². The molecule has 0 bridgehead atoms. The van der Waals surface area contributed by atoms with Crippen LogP contribution in [0.5, 0.6) is 0 Å². The highest BCUT2D eigenvalue weighted by atomic mass is 28.4. The van der Waals surface area contributed by atoms with Gasteiger partial charge in [0.15, 0.2) is 8.32 Å². The molecule has 1 aliphatic rings. The lowest BCUT2D eigenvalue weighted by Gasteiger charge is -2.46. The molecule has 1 heterocycles. The maximum atomic E-state index is 10.6. The van der Waals surface area contributed by atoms with Crippen molar-refractivity contribution in [2.24, 2.45) is 0 Å². The molecule has 6 heteroatoms. The van der Waals surface area contributed by atoms with Crippen molar-refractivity contribution in [2.75, 3.05) is 19.7 Å². The van der Waals surface area contributed by atoms with Gasteiger partial charge in [-0.1, -0.05) is 51.1 Å². The standard InChI is InChI=1S/C20H35NO4Si/c1-20(2,3)26(4,5)25-14-16-18(23)19(24)17(22)13-21(16)12-11-15-9-7-6-8-10-15/h6-10,16-19,22-24H,11-14H2,1-5H3/t16-,17+,18-,19-/m1/s1. The summed E-state index contributed by atoms with van der Waals surface area (Å²) >= 11 is 0. The maximum Gasteiger partial charge on any atom is 0.192 e. The minimum atomic E-state index is -1.96. The second-order valence-electron chi connectivity index (χ2n) is 8.92. The minimum Gasteiger partial charge on any atom is -0.415 e. The molecule has 1 aromatic rings. The van der Waals surface area contributed by atoms with Gasteiger partial charge in [-0.2, -0.15) is 0 Å². The highest BCUT2D eigenvalue weighted by molar-refractivity contribution is 6.74. The number of β-amino-alcohol motifs (C(OH)–C–C–N with tert-alkyl or cyclic N) is 1. The summed E-state index contributed by atoms with van der Waals surface area (Å²) in [6.45, 7) is 12.3. The Morgan fingerprint density at radius 3 is 2.27 bits per heavy atom. The Labute approximate surface area is 158 Å². The summed E-state index contributed by atoms with van der Waals surface area (Å²) in [5.41, 5.74) is 1.21. The lowest BCUT2D eigenvalue weighted by atomic mass is 9.94. The first-order chi connectivity index (χ1) is 12.0. The second kappa shape index (κ2) is 8.50. The third-order valence-electron chi connectivity index (χ3n) is 5.98. The highest BCUT2D eigenvalue weighted by Gasteiger charge is 2.44. The summed E-state index contributed by atoms with van der Waals surface area (Å²) < 4.78 is 6.31. The molecule has 1 aliphatic heterocycles. The first-order valence-corrected chi connectivity index (χ1v) is 12.4. The van der Waals surface area contributed by atoms with Crippen LogP contribution in [0, 0.1) is 0 Å². The Bertz CT molecular complexity index is 561. The Balaban J connectivity index is 2.07. The number of aliphatic hydroxyl groups is 3. The third-order valence-corrected chi connectivity index (χ3v) is 10.5. The molecule has 26 heavy (non-hydrogen) atoms. The van der Waals surface area contributed by atoms with Crippen molar-refractivity contribution in [3.63, 3.8) is 0 Å². The molecule has 0 radical (unpaired) electrons. The van der Waals surface area contributed by atoms with Crippen molar-refractivity contribution in [2.45, 2.75) is 69.7 Å². The number of nitrogens with zero attached hydrogens (tertiary/aromatic N) is 1. The van der Waals surface area contributed by atoms with Crippen molar-refractivity contribution in [3.05, 3.63) is 35.9 Å². The summed E-state index contributed by atoms with van der Waals surface area (Å²) in [6.07, 6.45) is -2.26. The summed E-state index contributed by atoms with van der Waals surface area (Å²) in [7, 11) is -1.96. The van der Waals surface area contributed by atoms with Crippen molar-refractivity contribution in [1.29, 1.82) is 0 Å². The maximum absolute atomic E-state index is 10.6. The average Bonchev–Trinajstić information content (AvgIpc) is 2.57. The smallest absolute Gasteiger partial charge is 0.192 e. The average molecular weight is 382 g/mol. The third kappa shape index (κ3) is 5.15. The van der Waals surface area contributed by atoms with Gasteiger partial charge in [0.05, 0.1) is 18.8 Å². The van der Waals surface area contributed by atoms with Gasteiger partial charge in [0, 0.05) is 13.1 Å². The van der Waals surface area contributed by atoms with Crippen LogP contribution in [0.2, 0.25) is 18.1 Å². The first-order valence-electron chi connectivity index (χ1n) is 9.49. The summed E-state index contributed by atoms with van der Waals surface area (Å²) in [5.74, 6) is 0. The molecule has 3 N–H and O–H groups in total. The van der Waals surface area contributed by atoms with Crippen LogP contribution >= 0.6 is 0 Å². The van der Waals surface area contributed by atoms with E-state index in [1.54, 1.807) is 0 Å². The van der Waals surface area contributed by atoms with Crippen LogP contribution in [0.25, 0.3) is 0 Å². The molecule has 0 amide bonds. The number of hydrogen-bond donors (Lipinski definition) is 3. The molecular formula is C20H35NO4Si. The lowest BCUT2D eigenvalue weighted by molar-refractivity contribution is -0.143. The van der Waals surface area contributed by atoms with E-state index in [0.29, 0.717) is 19.7 Å². The molecule has 2 rings (SSSR count). The summed E-state index contributed by atoms with van der Waals surface area (Å²) in [5, 5.41) is 30.9. The molecule has 1 aromatic carbocycles. The molecule has 0 unspecified atom stereocenters. The first kappa shape index (κ1) is 21.5. The molecule has 0 aromatic heterocycles. The molecule has 4 atom stereocenters. The fraction of sp³-hybridized carbons (Fsp3) is 0.700. The zero-order valence-corrected chi connectivity index (χ0v) is 17.7. The van der Waals surface area contributed by atoms with E-state index in [1.165, 1.54) is 5.56 Å². The predicted molar refractivity (Wildman–Crippen MR) is 107 cm³/mol. The van der Waals surface area contributed by atoms with Gasteiger partial charge >= 0.3 is 0 Å². The Hall–Kier alpha value is -0.763. The van der Waals surface area contributed by atoms with Crippen LogP contribution in [0.1, 0.15) is 26.3 Å². The molecule has 148 valence electrons. The molecule has 1 fully saturated rings. The van der Waals surface area contributed by atoms with Crippen molar-refractivity contribution in [3.8, 4) is 0 Å². The normalized spacial score (nSPS) is 28.3. The number of likely N-dealkylation sites (tertiary alicyclic amines) is 1. The fourth-order valence-electron chi connectivity index (χ4n) is 3.04. The zero-order valence-electron chi connectivity index (χ0n) is 16.7. The highest BCUT2D eigenvalue weighted by Crippen LogP contribution is 2.37. The van der Waals surface area contributed by atoms with Gasteiger partial charge in [-0.25, -0.2) is 0 Å². The molecule has 0 saturated carbocycles. The van der Waals surface area contributed by atoms with Crippen LogP contribution in [0.4, 0.5) is 0 Å². The predicted octanol–water partition coefficient (Wildman–Crippen LogP) is 2.02. The van der Waals surface area contributed by atoms with Gasteiger partial charge < -0.3 is 19.7 Å². The van der Waals surface area contributed by atoms with E-state index in [4.69, 9.17) is 4.43 Å². The SMILES string of the molecule is CC(C)(C)[Si](C)(C)OC[C@@H]1[C@@H](O)[C@H](O)[C@@H](O)CN1CCc1ccccc1. The van der Waals surface area contributed by atoms with Gasteiger partial charge in [-0.05, 0) is 30.1 Å². The van der Waals surface area contributed by atoms with Crippen LogP contribution in [-0.4, -0.2) is 72.6 Å². The minimum absolute atomic E-state index is 0.0830. The molecule has 0 spiro atoms. The summed E-state index contributed by atoms with van der Waals surface area (Å²) in [4.78, 5) is 2.06. The van der Waals surface area contributed by atoms with E-state index in [2.05, 4.69) is 50.9 Å². The Morgan fingerprint density at radius 2 is 1.69 bits per heavy atom. The summed E-state index contributed by atoms with van der Waals surface area (Å²) in [6, 6.07) is 9.85. The molecule has 5 nitrogen and oxygen atoms in total. The molecular weight excluding hydrogens is 346 g/mol. The van der Waals surface area contributed by atoms with Crippen LogP contribution in [0.15, 0.2) is 30.3 Å². The van der Waals surface area contributed by atoms with Gasteiger partial charge in [-0.15, -0.1) is 0 Å². The fourth-order valence-corrected chi connectivity index (χ4v) is 4.06. The van der Waals surface area contributed by atoms with Gasteiger partial charge in [0.2, 0.25) is 0 Å². The van der Waals surface area contributed by atoms with Crippen LogP contribution < -0.4 is 0 Å². The van der Waals surface area contributed by atoms with Gasteiger partial charge in [0.1, 0.15) is 12.2 Å². The number of aliphatic hydroxyl groups excluding tert-OH is 3. The number of benzene rings is 1. The number of hydrogen-bond acceptors (Lipinski definition) is 5. The monoisotopic (exact) mass is 381 g/mol. The van der Waals surface area contributed by atoms with E-state index >= 15 is 0 Å². The van der Waals surface area contributed by atoms with E-state index in [-0.39, 0.29) is 11.1 Å². The van der Waals surface area contributed by atoms with E-state index in [0.717, 1.165) is 6.42 Å². The lowest BCUT2D eigenvalue weighted by Crippen LogP contribution is -2.63. The number of rotatable bonds is 6. The second-order valence-corrected chi connectivity index (χ2v) is 13.7. The largest absolute Gasteiger partial charge is 0.415 e. The van der Waals surface area contributed by atoms with E-state index in [9.17, 15) is 15.3 Å². The molecule has 1 saturated heterocycles. The van der Waals surface area contributed by atoms with Crippen molar-refractivity contribution < 1.29 is 19.7 Å². The topological polar surface area (TPSA) is 73.2 Å². The Morgan fingerprint density at radius 1 is 1.08 bits per heavy atom. The van der Waals surface area contributed by atoms with E-state index in [1.807, 2.05) is 18.2 Å². The van der Waals surface area contributed by atoms with Crippen molar-refractivity contribution >= 4 is 8.32 Å².